The number of hydrogen-bond acceptors (Lipinski definition) is 2. The average molecular weight is 316 g/mol. The molecule has 0 aliphatic rings. The van der Waals surface area contributed by atoms with Crippen LogP contribution in [0.2, 0.25) is 5.02 Å². The van der Waals surface area contributed by atoms with Crippen LogP contribution in [0.5, 0.6) is 11.5 Å². The predicted molar refractivity (Wildman–Crippen MR) is 71.5 cm³/mol. The summed E-state index contributed by atoms with van der Waals surface area (Å²) >= 11 is 5.59. The molecule has 110 valence electrons. The second-order valence-electron chi connectivity index (χ2n) is 4.13. The highest BCUT2D eigenvalue weighted by Crippen LogP contribution is 2.37. The molecule has 2 rings (SSSR count). The second kappa shape index (κ2) is 5.65. The molecular weight excluding hydrogens is 307 g/mol. The maximum atomic E-state index is 12.6. The zero-order chi connectivity index (χ0) is 15.6. The SMILES string of the molecule is NC(=O)c1cccc(Oc2ccc(C(F)(F)F)c(Cl)c2)c1. The molecule has 0 radical (unpaired) electrons. The standard InChI is InChI=1S/C14H9ClF3NO2/c15-12-7-10(4-5-11(12)14(16,17)18)21-9-3-1-2-8(6-9)13(19)20/h1-7H,(H2,19,20). The molecule has 21 heavy (non-hydrogen) atoms. The fourth-order valence-corrected chi connectivity index (χ4v) is 1.92. The van der Waals surface area contributed by atoms with E-state index >= 15 is 0 Å². The van der Waals surface area contributed by atoms with E-state index in [9.17, 15) is 18.0 Å². The Morgan fingerprint density at radius 3 is 2.33 bits per heavy atom. The van der Waals surface area contributed by atoms with Crippen molar-refractivity contribution in [3.05, 3.63) is 58.6 Å². The number of nitrogens with two attached hydrogens (primary N) is 1. The molecule has 0 heterocycles. The Labute approximate surface area is 123 Å². The van der Waals surface area contributed by atoms with Crippen molar-refractivity contribution in [2.45, 2.75) is 6.18 Å². The van der Waals surface area contributed by atoms with Crippen molar-refractivity contribution in [1.29, 1.82) is 0 Å². The summed E-state index contributed by atoms with van der Waals surface area (Å²) in [6.07, 6.45) is -4.53. The topological polar surface area (TPSA) is 52.3 Å². The quantitative estimate of drug-likeness (QED) is 0.920. The number of hydrogen-bond donors (Lipinski definition) is 1. The van der Waals surface area contributed by atoms with Gasteiger partial charge in [0.15, 0.2) is 0 Å². The Morgan fingerprint density at radius 2 is 1.76 bits per heavy atom. The molecule has 7 heteroatoms. The largest absolute Gasteiger partial charge is 0.457 e. The zero-order valence-electron chi connectivity index (χ0n) is 10.4. The first-order valence-electron chi connectivity index (χ1n) is 5.72. The van der Waals surface area contributed by atoms with E-state index in [1.54, 1.807) is 6.07 Å². The van der Waals surface area contributed by atoms with Gasteiger partial charge in [0, 0.05) is 11.6 Å². The third-order valence-electron chi connectivity index (χ3n) is 2.60. The highest BCUT2D eigenvalue weighted by molar-refractivity contribution is 6.31. The molecular formula is C14H9ClF3NO2. The second-order valence-corrected chi connectivity index (χ2v) is 4.54. The zero-order valence-corrected chi connectivity index (χ0v) is 11.2. The summed E-state index contributed by atoms with van der Waals surface area (Å²) in [5.74, 6) is -0.248. The summed E-state index contributed by atoms with van der Waals surface area (Å²) in [7, 11) is 0. The van der Waals surface area contributed by atoms with Crippen molar-refractivity contribution in [2.75, 3.05) is 0 Å². The van der Waals surface area contributed by atoms with Crippen LogP contribution in [0.3, 0.4) is 0 Å². The van der Waals surface area contributed by atoms with Crippen LogP contribution in [0, 0.1) is 0 Å². The maximum Gasteiger partial charge on any atom is 0.417 e. The highest BCUT2D eigenvalue weighted by atomic mass is 35.5. The number of primary amides is 1. The van der Waals surface area contributed by atoms with Crippen molar-refractivity contribution in [3.8, 4) is 11.5 Å². The summed E-state index contributed by atoms with van der Waals surface area (Å²) in [5, 5.41) is -0.467. The minimum Gasteiger partial charge on any atom is -0.457 e. The number of amides is 1. The monoisotopic (exact) mass is 315 g/mol. The van der Waals surface area contributed by atoms with Gasteiger partial charge in [-0.05, 0) is 30.3 Å². The van der Waals surface area contributed by atoms with Gasteiger partial charge in [0.05, 0.1) is 10.6 Å². The van der Waals surface area contributed by atoms with E-state index in [1.807, 2.05) is 0 Å². The smallest absolute Gasteiger partial charge is 0.417 e. The van der Waals surface area contributed by atoms with Gasteiger partial charge in [-0.25, -0.2) is 0 Å². The summed E-state index contributed by atoms with van der Waals surface area (Å²) in [4.78, 5) is 11.0. The number of alkyl halides is 3. The lowest BCUT2D eigenvalue weighted by Gasteiger charge is -2.11. The van der Waals surface area contributed by atoms with Crippen molar-refractivity contribution in [2.24, 2.45) is 5.73 Å². The van der Waals surface area contributed by atoms with Crippen LogP contribution in [-0.2, 0) is 6.18 Å². The van der Waals surface area contributed by atoms with Crippen LogP contribution >= 0.6 is 11.6 Å². The summed E-state index contributed by atoms with van der Waals surface area (Å²) in [5.41, 5.74) is 4.41. The van der Waals surface area contributed by atoms with Crippen LogP contribution in [0.4, 0.5) is 13.2 Å². The number of benzene rings is 2. The molecule has 0 saturated heterocycles. The van der Waals surface area contributed by atoms with E-state index in [1.165, 1.54) is 18.2 Å². The first-order valence-corrected chi connectivity index (χ1v) is 6.09. The lowest BCUT2D eigenvalue weighted by Crippen LogP contribution is -2.10. The van der Waals surface area contributed by atoms with Crippen LogP contribution in [-0.4, -0.2) is 5.91 Å². The van der Waals surface area contributed by atoms with Crippen molar-refractivity contribution in [3.63, 3.8) is 0 Å². The van der Waals surface area contributed by atoms with Crippen molar-refractivity contribution < 1.29 is 22.7 Å². The number of rotatable bonds is 3. The van der Waals surface area contributed by atoms with Crippen LogP contribution in [0.25, 0.3) is 0 Å². The van der Waals surface area contributed by atoms with Gasteiger partial charge in [0.1, 0.15) is 11.5 Å². The minimum absolute atomic E-state index is 0.120. The fourth-order valence-electron chi connectivity index (χ4n) is 1.64. The van der Waals surface area contributed by atoms with Gasteiger partial charge in [0.2, 0.25) is 5.91 Å². The molecule has 2 aromatic rings. The van der Waals surface area contributed by atoms with Crippen molar-refractivity contribution in [1.82, 2.24) is 0 Å². The van der Waals surface area contributed by atoms with E-state index in [-0.39, 0.29) is 17.1 Å². The Hall–Kier alpha value is -2.21. The van der Waals surface area contributed by atoms with E-state index in [4.69, 9.17) is 22.1 Å². The number of halogens is 4. The molecule has 0 bridgehead atoms. The number of ether oxygens (including phenoxy) is 1. The Bertz CT molecular complexity index is 686. The van der Waals surface area contributed by atoms with Crippen LogP contribution < -0.4 is 10.5 Å². The van der Waals surface area contributed by atoms with Gasteiger partial charge in [-0.1, -0.05) is 17.7 Å². The molecule has 0 aliphatic carbocycles. The molecule has 0 unspecified atom stereocenters. The normalized spacial score (nSPS) is 11.2. The summed E-state index contributed by atoms with van der Waals surface area (Å²) in [6.45, 7) is 0. The fraction of sp³-hybridized carbons (Fsp3) is 0.0714. The van der Waals surface area contributed by atoms with E-state index in [0.717, 1.165) is 18.2 Å². The van der Waals surface area contributed by atoms with Gasteiger partial charge in [-0.15, -0.1) is 0 Å². The summed E-state index contributed by atoms with van der Waals surface area (Å²) in [6, 6.07) is 8.99. The van der Waals surface area contributed by atoms with E-state index < -0.39 is 22.7 Å². The minimum atomic E-state index is -4.53. The molecule has 0 atom stereocenters. The Balaban J connectivity index is 2.27. The third kappa shape index (κ3) is 3.66. The predicted octanol–water partition coefficient (Wildman–Crippen LogP) is 4.25. The average Bonchev–Trinajstić information content (AvgIpc) is 2.37. The third-order valence-corrected chi connectivity index (χ3v) is 2.91. The molecule has 1 amide bonds. The first kappa shape index (κ1) is 15.2. The van der Waals surface area contributed by atoms with Crippen LogP contribution in [0.15, 0.2) is 42.5 Å². The molecule has 2 N–H and O–H groups in total. The lowest BCUT2D eigenvalue weighted by molar-refractivity contribution is -0.137. The molecule has 2 aromatic carbocycles. The molecule has 0 aromatic heterocycles. The Kier molecular flexibility index (Phi) is 4.09. The first-order chi connectivity index (χ1) is 9.77. The van der Waals surface area contributed by atoms with Crippen molar-refractivity contribution >= 4 is 17.5 Å². The van der Waals surface area contributed by atoms with E-state index in [0.29, 0.717) is 0 Å². The molecule has 3 nitrogen and oxygen atoms in total. The van der Waals surface area contributed by atoms with Gasteiger partial charge >= 0.3 is 6.18 Å². The highest BCUT2D eigenvalue weighted by Gasteiger charge is 2.33. The van der Waals surface area contributed by atoms with Gasteiger partial charge < -0.3 is 10.5 Å². The van der Waals surface area contributed by atoms with Gasteiger partial charge in [0.25, 0.3) is 0 Å². The van der Waals surface area contributed by atoms with Crippen LogP contribution in [0.1, 0.15) is 15.9 Å². The molecule has 0 spiro atoms. The number of carbonyl (C=O) groups is 1. The molecule has 0 saturated carbocycles. The molecule has 0 fully saturated rings. The van der Waals surface area contributed by atoms with E-state index in [2.05, 4.69) is 0 Å². The summed E-state index contributed by atoms with van der Waals surface area (Å²) < 4.78 is 43.1. The van der Waals surface area contributed by atoms with Gasteiger partial charge in [-0.3, -0.25) is 4.79 Å². The lowest BCUT2D eigenvalue weighted by atomic mass is 10.2. The molecule has 0 aliphatic heterocycles. The number of carbonyl (C=O) groups excluding carboxylic acids is 1. The Morgan fingerprint density at radius 1 is 1.10 bits per heavy atom. The maximum absolute atomic E-state index is 12.6. The van der Waals surface area contributed by atoms with Gasteiger partial charge in [-0.2, -0.15) is 13.2 Å².